The monoisotopic (exact) mass is 300 g/mol. The van der Waals surface area contributed by atoms with E-state index in [1.54, 1.807) is 0 Å². The van der Waals surface area contributed by atoms with Gasteiger partial charge in [0.2, 0.25) is 0 Å². The molecule has 0 radical (unpaired) electrons. The van der Waals surface area contributed by atoms with Crippen molar-refractivity contribution in [2.45, 2.75) is 25.0 Å². The molecule has 0 saturated carbocycles. The van der Waals surface area contributed by atoms with Gasteiger partial charge in [0.25, 0.3) is 0 Å². The fourth-order valence-corrected chi connectivity index (χ4v) is 1.72. The summed E-state index contributed by atoms with van der Waals surface area (Å²) in [5, 5.41) is 19.0. The summed E-state index contributed by atoms with van der Waals surface area (Å²) in [5.41, 5.74) is 2.05. The first-order valence-electron chi connectivity index (χ1n) is 4.84. The van der Waals surface area contributed by atoms with Gasteiger partial charge < -0.3 is 10.2 Å². The molecule has 1 aliphatic carbocycles. The van der Waals surface area contributed by atoms with Crippen molar-refractivity contribution in [1.82, 2.24) is 0 Å². The predicted octanol–water partition coefficient (Wildman–Crippen LogP) is 0.912. The third-order valence-corrected chi connectivity index (χ3v) is 2.45. The molecule has 1 aromatic carbocycles. The molecule has 0 bridgehead atoms. The number of aliphatic hydroxyl groups is 2. The summed E-state index contributed by atoms with van der Waals surface area (Å²) in [6.07, 6.45) is 0.266. The van der Waals surface area contributed by atoms with Crippen LogP contribution >= 0.6 is 0 Å². The molecule has 2 N–H and O–H groups in total. The van der Waals surface area contributed by atoms with Gasteiger partial charge in [0.05, 0.1) is 6.10 Å². The fourth-order valence-electron chi connectivity index (χ4n) is 1.72. The first-order chi connectivity index (χ1) is 8.79. The number of aryl methyl sites for hydroxylation is 1. The molecule has 6 heteroatoms. The quantitative estimate of drug-likeness (QED) is 0.549. The van der Waals surface area contributed by atoms with Crippen LogP contribution < -0.4 is 0 Å². The Kier molecular flexibility index (Phi) is 18.1. The van der Waals surface area contributed by atoms with E-state index in [9.17, 15) is 10.2 Å². The van der Waals surface area contributed by atoms with Gasteiger partial charge in [-0.1, -0.05) is 24.3 Å². The van der Waals surface area contributed by atoms with Crippen molar-refractivity contribution in [3.05, 3.63) is 55.3 Å². The summed E-state index contributed by atoms with van der Waals surface area (Å²) in [6.45, 7) is 13.5. The third kappa shape index (κ3) is 7.15. The second kappa shape index (κ2) is 15.0. The van der Waals surface area contributed by atoms with E-state index in [4.69, 9.17) is 14.0 Å². The van der Waals surface area contributed by atoms with Crippen LogP contribution in [-0.4, -0.2) is 16.3 Å². The molecule has 0 heterocycles. The summed E-state index contributed by atoms with van der Waals surface area (Å²) in [5.74, 6) is 0. The van der Waals surface area contributed by atoms with Gasteiger partial charge in [0, 0.05) is 17.4 Å². The third-order valence-electron chi connectivity index (χ3n) is 2.45. The molecule has 5 nitrogen and oxygen atoms in total. The van der Waals surface area contributed by atoms with Crippen LogP contribution in [0.4, 0.5) is 0 Å². The van der Waals surface area contributed by atoms with Crippen molar-refractivity contribution in [3.8, 4) is 0 Å². The van der Waals surface area contributed by atoms with E-state index in [0.29, 0.717) is 6.42 Å². The van der Waals surface area contributed by atoms with Crippen molar-refractivity contribution in [2.75, 3.05) is 0 Å². The molecule has 100 valence electrons. The van der Waals surface area contributed by atoms with Crippen LogP contribution in [0.1, 0.15) is 23.7 Å². The first-order valence-corrected chi connectivity index (χ1v) is 4.84. The zero-order chi connectivity index (χ0) is 14.6. The van der Waals surface area contributed by atoms with E-state index >= 15 is 0 Å². The van der Waals surface area contributed by atoms with Crippen LogP contribution in [0, 0.1) is 20.0 Å². The van der Waals surface area contributed by atoms with Crippen LogP contribution in [-0.2, 0) is 37.7 Å². The molecule has 0 aliphatic heterocycles. The number of rotatable bonds is 0. The second-order valence-corrected chi connectivity index (χ2v) is 3.25. The Hall–Kier alpha value is -1.11. The van der Waals surface area contributed by atoms with Gasteiger partial charge >= 0.3 is 33.9 Å². The maximum absolute atomic E-state index is 9.58. The van der Waals surface area contributed by atoms with Crippen molar-refractivity contribution in [1.29, 1.82) is 0 Å². The zero-order valence-corrected chi connectivity index (χ0v) is 11.2. The molecule has 0 saturated heterocycles. The Labute approximate surface area is 122 Å². The van der Waals surface area contributed by atoms with Gasteiger partial charge in [0.1, 0.15) is 6.10 Å². The van der Waals surface area contributed by atoms with Gasteiger partial charge in [-0.3, -0.25) is 0 Å². The molecular weight excluding hydrogens is 288 g/mol. The number of hydrogen-bond acceptors (Lipinski definition) is 2. The number of fused-ring (bicyclic) bond motifs is 1. The van der Waals surface area contributed by atoms with Crippen molar-refractivity contribution < 1.29 is 41.5 Å². The number of hydrogen-bond donors (Lipinski definition) is 2. The van der Waals surface area contributed by atoms with E-state index in [1.807, 2.05) is 24.3 Å². The maximum Gasteiger partial charge on any atom is 0 e. The molecule has 19 heavy (non-hydrogen) atoms. The average molecular weight is 300 g/mol. The molecule has 2 atom stereocenters. The van der Waals surface area contributed by atoms with Crippen molar-refractivity contribution in [3.63, 3.8) is 0 Å². The predicted molar refractivity (Wildman–Crippen MR) is 57.5 cm³/mol. The fraction of sp³-hybridized carbons (Fsp3) is 0.308. The van der Waals surface area contributed by atoms with Gasteiger partial charge in [-0.2, -0.15) is 0 Å². The van der Waals surface area contributed by atoms with Gasteiger partial charge in [-0.25, -0.2) is 0 Å². The molecule has 0 aromatic heterocycles. The topological polar surface area (TPSA) is 100 Å². The smallest absolute Gasteiger partial charge is 0 e. The normalized spacial score (nSPS) is 18.1. The van der Waals surface area contributed by atoms with Crippen LogP contribution in [0.25, 0.3) is 0 Å². The van der Waals surface area contributed by atoms with E-state index < -0.39 is 12.2 Å². The summed E-state index contributed by atoms with van der Waals surface area (Å²) in [4.78, 5) is 0. The Bertz CT molecular complexity index is 385. The maximum atomic E-state index is 9.58. The van der Waals surface area contributed by atoms with Gasteiger partial charge in [-0.15, -0.1) is 0 Å². The average Bonchev–Trinajstić information content (AvgIpc) is 2.49. The first kappa shape index (κ1) is 23.0. The molecular formula is C13H12CrO5. The van der Waals surface area contributed by atoms with Crippen LogP contribution in [0.5, 0.6) is 0 Å². The molecule has 0 fully saturated rings. The number of aliphatic hydroxyl groups excluding tert-OH is 2. The Balaban J connectivity index is -0.000000325. The molecule has 1 aliphatic rings. The molecule has 1 aromatic rings. The number of benzene rings is 1. The molecule has 0 amide bonds. The Morgan fingerprint density at radius 1 is 0.947 bits per heavy atom. The van der Waals surface area contributed by atoms with Crippen LogP contribution in [0.2, 0.25) is 0 Å². The second-order valence-electron chi connectivity index (χ2n) is 3.25. The molecule has 0 spiro atoms. The zero-order valence-electron chi connectivity index (χ0n) is 9.91. The van der Waals surface area contributed by atoms with Gasteiger partial charge in [-0.05, 0) is 24.0 Å². The van der Waals surface area contributed by atoms with Crippen molar-refractivity contribution in [2.24, 2.45) is 0 Å². The summed E-state index contributed by atoms with van der Waals surface area (Å²) in [7, 11) is 0. The minimum absolute atomic E-state index is 0. The van der Waals surface area contributed by atoms with Crippen molar-refractivity contribution >= 4 is 0 Å². The van der Waals surface area contributed by atoms with E-state index in [0.717, 1.165) is 17.5 Å². The largest absolute Gasteiger partial charge is 0 e. The van der Waals surface area contributed by atoms with Gasteiger partial charge in [0.15, 0.2) is 0 Å². The standard InChI is InChI=1S/C10H12O2.3CO.Cr/c11-9-6-5-7-3-1-2-4-8(7)10(9)12;3*1-2;/h1-4,9-12H,5-6H2;;;;/t9-,10+;;;;/m0..../s1. The Morgan fingerprint density at radius 3 is 1.95 bits per heavy atom. The van der Waals surface area contributed by atoms with E-state index in [2.05, 4.69) is 20.0 Å². The van der Waals surface area contributed by atoms with E-state index in [1.165, 1.54) is 0 Å². The minimum Gasteiger partial charge on any atom is 0 e. The summed E-state index contributed by atoms with van der Waals surface area (Å²) in [6, 6.07) is 7.73. The minimum atomic E-state index is -0.685. The van der Waals surface area contributed by atoms with Crippen LogP contribution in [0.15, 0.2) is 24.3 Å². The van der Waals surface area contributed by atoms with Crippen LogP contribution in [0.3, 0.4) is 0 Å². The summed E-state index contributed by atoms with van der Waals surface area (Å²) < 4.78 is 22.5. The Morgan fingerprint density at radius 2 is 1.42 bits per heavy atom. The summed E-state index contributed by atoms with van der Waals surface area (Å²) >= 11 is 0. The SMILES string of the molecule is O[C@@H]1c2ccccc2CC[C@@H]1O.[C-]#[O+].[C-]#[O+].[C-]#[O+].[Cr]. The molecule has 0 unspecified atom stereocenters. The molecule has 2 rings (SSSR count). The van der Waals surface area contributed by atoms with E-state index in [-0.39, 0.29) is 17.4 Å².